The van der Waals surface area contributed by atoms with Crippen LogP contribution in [0.25, 0.3) is 10.9 Å². The Morgan fingerprint density at radius 3 is 2.65 bits per heavy atom. The summed E-state index contributed by atoms with van der Waals surface area (Å²) in [7, 11) is 0. The molecule has 3 nitrogen and oxygen atoms in total. The van der Waals surface area contributed by atoms with Crippen molar-refractivity contribution in [3.8, 4) is 0 Å². The monoisotopic (exact) mass is 267 g/mol. The number of hydrogen-bond donors (Lipinski definition) is 2. The highest BCUT2D eigenvalue weighted by atomic mass is 19.1. The molecule has 3 rings (SSSR count). The van der Waals surface area contributed by atoms with Gasteiger partial charge in [-0.1, -0.05) is 36.4 Å². The fourth-order valence-electron chi connectivity index (χ4n) is 2.18. The molecular formula is C16H14FN3. The van der Waals surface area contributed by atoms with Crippen molar-refractivity contribution >= 4 is 22.3 Å². The van der Waals surface area contributed by atoms with Crippen LogP contribution in [0, 0.1) is 5.82 Å². The van der Waals surface area contributed by atoms with Crippen LogP contribution in [0.3, 0.4) is 0 Å². The van der Waals surface area contributed by atoms with Gasteiger partial charge < -0.3 is 11.1 Å². The predicted molar refractivity (Wildman–Crippen MR) is 79.9 cm³/mol. The lowest BCUT2D eigenvalue weighted by atomic mass is 10.1. The van der Waals surface area contributed by atoms with Gasteiger partial charge in [0, 0.05) is 17.5 Å². The molecule has 0 radical (unpaired) electrons. The minimum absolute atomic E-state index is 0.225. The maximum absolute atomic E-state index is 13.6. The second-order valence-electron chi connectivity index (χ2n) is 4.55. The molecule has 3 N–H and O–H groups in total. The van der Waals surface area contributed by atoms with Gasteiger partial charge in [0.1, 0.15) is 5.82 Å². The fourth-order valence-corrected chi connectivity index (χ4v) is 2.18. The highest BCUT2D eigenvalue weighted by molar-refractivity contribution is 5.96. The SMILES string of the molecule is Nc1cnc2ccccc2c1NCc1ccccc1F. The third kappa shape index (κ3) is 2.28. The molecule has 0 fully saturated rings. The summed E-state index contributed by atoms with van der Waals surface area (Å²) in [5.41, 5.74) is 8.78. The largest absolute Gasteiger partial charge is 0.396 e. The molecule has 0 saturated heterocycles. The molecule has 0 bridgehead atoms. The topological polar surface area (TPSA) is 50.9 Å². The maximum Gasteiger partial charge on any atom is 0.128 e. The van der Waals surface area contributed by atoms with Gasteiger partial charge in [0.05, 0.1) is 23.1 Å². The number of nitrogens with two attached hydrogens (primary N) is 1. The number of nitrogens with one attached hydrogen (secondary N) is 1. The molecule has 0 spiro atoms. The minimum Gasteiger partial charge on any atom is -0.396 e. The third-order valence-electron chi connectivity index (χ3n) is 3.22. The van der Waals surface area contributed by atoms with Gasteiger partial charge in [0.15, 0.2) is 0 Å². The number of pyridine rings is 1. The van der Waals surface area contributed by atoms with Crippen LogP contribution < -0.4 is 11.1 Å². The van der Waals surface area contributed by atoms with Gasteiger partial charge in [-0.2, -0.15) is 0 Å². The lowest BCUT2D eigenvalue weighted by molar-refractivity contribution is 0.613. The van der Waals surface area contributed by atoms with Crippen molar-refractivity contribution in [2.24, 2.45) is 0 Å². The van der Waals surface area contributed by atoms with Gasteiger partial charge >= 0.3 is 0 Å². The van der Waals surface area contributed by atoms with E-state index in [1.807, 2.05) is 30.3 Å². The lowest BCUT2D eigenvalue weighted by Crippen LogP contribution is -2.05. The number of anilines is 2. The molecule has 0 unspecified atom stereocenters. The smallest absolute Gasteiger partial charge is 0.128 e. The molecule has 2 aromatic carbocycles. The van der Waals surface area contributed by atoms with E-state index in [0.717, 1.165) is 16.6 Å². The van der Waals surface area contributed by atoms with Gasteiger partial charge in [-0.25, -0.2) is 4.39 Å². The summed E-state index contributed by atoms with van der Waals surface area (Å²) in [4.78, 5) is 4.27. The summed E-state index contributed by atoms with van der Waals surface area (Å²) in [6, 6.07) is 14.4. The highest BCUT2D eigenvalue weighted by Gasteiger charge is 2.07. The van der Waals surface area contributed by atoms with E-state index >= 15 is 0 Å². The standard InChI is InChI=1S/C16H14FN3/c17-13-7-3-1-5-11(13)9-20-16-12-6-2-4-8-15(12)19-10-14(16)18/h1-8,10H,9,18H2,(H,19,20). The normalized spacial score (nSPS) is 10.7. The van der Waals surface area contributed by atoms with Gasteiger partial charge in [-0.05, 0) is 12.1 Å². The van der Waals surface area contributed by atoms with E-state index < -0.39 is 0 Å². The van der Waals surface area contributed by atoms with Gasteiger partial charge in [-0.3, -0.25) is 4.98 Å². The van der Waals surface area contributed by atoms with Crippen molar-refractivity contribution in [3.05, 3.63) is 66.1 Å². The molecule has 20 heavy (non-hydrogen) atoms. The summed E-state index contributed by atoms with van der Waals surface area (Å²) in [5.74, 6) is -0.225. The number of rotatable bonds is 3. The summed E-state index contributed by atoms with van der Waals surface area (Å²) < 4.78 is 13.6. The molecule has 4 heteroatoms. The van der Waals surface area contributed by atoms with Crippen molar-refractivity contribution in [2.75, 3.05) is 11.1 Å². The molecule has 3 aromatic rings. The Kier molecular flexibility index (Phi) is 3.21. The van der Waals surface area contributed by atoms with Crippen molar-refractivity contribution in [2.45, 2.75) is 6.54 Å². The Hall–Kier alpha value is -2.62. The number of benzene rings is 2. The average Bonchev–Trinajstić information content (AvgIpc) is 2.48. The molecule has 0 atom stereocenters. The van der Waals surface area contributed by atoms with E-state index in [-0.39, 0.29) is 5.82 Å². The van der Waals surface area contributed by atoms with Crippen molar-refractivity contribution < 1.29 is 4.39 Å². The van der Waals surface area contributed by atoms with Crippen molar-refractivity contribution in [1.82, 2.24) is 4.98 Å². The number of nitrogen functional groups attached to an aromatic ring is 1. The maximum atomic E-state index is 13.6. The highest BCUT2D eigenvalue weighted by Crippen LogP contribution is 2.28. The van der Waals surface area contributed by atoms with E-state index in [1.165, 1.54) is 6.07 Å². The number of halogens is 1. The first-order chi connectivity index (χ1) is 9.75. The van der Waals surface area contributed by atoms with E-state index in [9.17, 15) is 4.39 Å². The molecule has 0 aliphatic heterocycles. The molecule has 0 aliphatic rings. The number of fused-ring (bicyclic) bond motifs is 1. The Morgan fingerprint density at radius 2 is 1.80 bits per heavy atom. The predicted octanol–water partition coefficient (Wildman–Crippen LogP) is 3.57. The zero-order valence-electron chi connectivity index (χ0n) is 10.8. The van der Waals surface area contributed by atoms with Gasteiger partial charge in [-0.15, -0.1) is 0 Å². The molecule has 0 saturated carbocycles. The average molecular weight is 267 g/mol. The van der Waals surface area contributed by atoms with Gasteiger partial charge in [0.2, 0.25) is 0 Å². The van der Waals surface area contributed by atoms with Crippen molar-refractivity contribution in [3.63, 3.8) is 0 Å². The molecule has 0 amide bonds. The summed E-state index contributed by atoms with van der Waals surface area (Å²) >= 11 is 0. The third-order valence-corrected chi connectivity index (χ3v) is 3.22. The number of hydrogen-bond acceptors (Lipinski definition) is 3. The number of para-hydroxylation sites is 1. The quantitative estimate of drug-likeness (QED) is 0.762. The first-order valence-electron chi connectivity index (χ1n) is 6.36. The first kappa shape index (κ1) is 12.4. The lowest BCUT2D eigenvalue weighted by Gasteiger charge is -2.12. The summed E-state index contributed by atoms with van der Waals surface area (Å²) in [5, 5.41) is 4.14. The molecule has 1 heterocycles. The zero-order chi connectivity index (χ0) is 13.9. The first-order valence-corrected chi connectivity index (χ1v) is 6.36. The van der Waals surface area contributed by atoms with E-state index in [4.69, 9.17) is 5.73 Å². The Labute approximate surface area is 116 Å². The van der Waals surface area contributed by atoms with Crippen molar-refractivity contribution in [1.29, 1.82) is 0 Å². The Bertz CT molecular complexity index is 756. The number of nitrogens with zero attached hydrogens (tertiary/aromatic N) is 1. The second kappa shape index (κ2) is 5.17. The van der Waals surface area contributed by atoms with Crippen LogP contribution in [0.4, 0.5) is 15.8 Å². The molecule has 0 aliphatic carbocycles. The van der Waals surface area contributed by atoms with Crippen LogP contribution in [0.1, 0.15) is 5.56 Å². The van der Waals surface area contributed by atoms with Gasteiger partial charge in [0.25, 0.3) is 0 Å². The van der Waals surface area contributed by atoms with Crippen LogP contribution in [-0.2, 0) is 6.54 Å². The van der Waals surface area contributed by atoms with E-state index in [2.05, 4.69) is 10.3 Å². The minimum atomic E-state index is -0.225. The zero-order valence-corrected chi connectivity index (χ0v) is 10.8. The van der Waals surface area contributed by atoms with Crippen LogP contribution in [-0.4, -0.2) is 4.98 Å². The molecule has 100 valence electrons. The fraction of sp³-hybridized carbons (Fsp3) is 0.0625. The van der Waals surface area contributed by atoms with Crippen LogP contribution >= 0.6 is 0 Å². The van der Waals surface area contributed by atoms with E-state index in [0.29, 0.717) is 17.8 Å². The number of aromatic nitrogens is 1. The summed E-state index contributed by atoms with van der Waals surface area (Å²) in [6.45, 7) is 0.380. The van der Waals surface area contributed by atoms with Crippen LogP contribution in [0.15, 0.2) is 54.7 Å². The van der Waals surface area contributed by atoms with Crippen LogP contribution in [0.2, 0.25) is 0 Å². The summed E-state index contributed by atoms with van der Waals surface area (Å²) in [6.07, 6.45) is 1.62. The second-order valence-corrected chi connectivity index (χ2v) is 4.55. The van der Waals surface area contributed by atoms with Crippen LogP contribution in [0.5, 0.6) is 0 Å². The molecular weight excluding hydrogens is 253 g/mol. The Balaban J connectivity index is 1.95. The van der Waals surface area contributed by atoms with E-state index in [1.54, 1.807) is 18.3 Å². The Morgan fingerprint density at radius 1 is 1.05 bits per heavy atom. The molecule has 1 aromatic heterocycles.